The zero-order valence-corrected chi connectivity index (χ0v) is 25.7. The van der Waals surface area contributed by atoms with Gasteiger partial charge in [0.2, 0.25) is 0 Å². The first-order valence-corrected chi connectivity index (χ1v) is 16.9. The molecule has 5 N–H and O–H groups in total. The van der Waals surface area contributed by atoms with Crippen molar-refractivity contribution in [3.63, 3.8) is 0 Å². The van der Waals surface area contributed by atoms with Crippen molar-refractivity contribution in [1.29, 1.82) is 0 Å². The Kier molecular flexibility index (Phi) is 9.17. The van der Waals surface area contributed by atoms with Gasteiger partial charge in [-0.25, -0.2) is 0 Å². The molecule has 0 heterocycles. The lowest BCUT2D eigenvalue weighted by atomic mass is 9.45. The quantitative estimate of drug-likeness (QED) is 0.323. The van der Waals surface area contributed by atoms with Crippen molar-refractivity contribution in [1.82, 2.24) is 0 Å². The highest BCUT2D eigenvalue weighted by molar-refractivity contribution is 5.79. The fourth-order valence-corrected chi connectivity index (χ4v) is 11.2. The number of aliphatic hydroxyl groups excluding tert-OH is 4. The van der Waals surface area contributed by atoms with E-state index in [0.29, 0.717) is 30.6 Å². The van der Waals surface area contributed by atoms with Crippen LogP contribution in [0.25, 0.3) is 0 Å². The molecule has 0 saturated heterocycles. The number of carbonyl (C=O) groups excluding carboxylic acids is 1. The van der Waals surface area contributed by atoms with Crippen LogP contribution >= 0.6 is 0 Å². The summed E-state index contributed by atoms with van der Waals surface area (Å²) in [5.74, 6) is 0.330. The Hall–Kier alpha value is -0.530. The van der Waals surface area contributed by atoms with Crippen molar-refractivity contribution in [3.05, 3.63) is 0 Å². The van der Waals surface area contributed by atoms with Crippen molar-refractivity contribution in [3.8, 4) is 0 Å². The third-order valence-corrected chi connectivity index (χ3v) is 13.3. The molecule has 0 aromatic carbocycles. The van der Waals surface area contributed by atoms with Gasteiger partial charge in [0.15, 0.2) is 0 Å². The summed E-state index contributed by atoms with van der Waals surface area (Å²) in [4.78, 5) is 12.4. The molecule has 0 amide bonds. The molecule has 40 heavy (non-hydrogen) atoms. The van der Waals surface area contributed by atoms with Gasteiger partial charge in [0.05, 0.1) is 24.4 Å². The zero-order chi connectivity index (χ0) is 29.1. The van der Waals surface area contributed by atoms with Gasteiger partial charge in [-0.3, -0.25) is 4.79 Å². The van der Waals surface area contributed by atoms with Crippen LogP contribution in [0.15, 0.2) is 0 Å². The van der Waals surface area contributed by atoms with Gasteiger partial charge in [0, 0.05) is 17.8 Å². The maximum Gasteiger partial charge on any atom is 0.135 e. The molecular weight excluding hydrogens is 504 g/mol. The highest BCUT2D eigenvalue weighted by Crippen LogP contribution is 2.61. The number of hydrogen-bond acceptors (Lipinski definition) is 6. The van der Waals surface area contributed by atoms with Crippen LogP contribution in [-0.2, 0) is 4.79 Å². The number of unbranched alkanes of at least 4 members (excludes halogenated alkanes) is 1. The number of aliphatic hydroxyl groups is 5. The molecule has 5 fully saturated rings. The molecule has 5 saturated carbocycles. The Morgan fingerprint density at radius 1 is 0.850 bits per heavy atom. The van der Waals surface area contributed by atoms with Gasteiger partial charge in [-0.05, 0) is 98.7 Å². The summed E-state index contributed by atoms with van der Waals surface area (Å²) >= 11 is 0. The van der Waals surface area contributed by atoms with Crippen LogP contribution in [0.1, 0.15) is 105 Å². The molecule has 5 aliphatic carbocycles. The van der Waals surface area contributed by atoms with Crippen LogP contribution in [0.4, 0.5) is 0 Å². The molecule has 230 valence electrons. The maximum atomic E-state index is 12.4. The van der Waals surface area contributed by atoms with Gasteiger partial charge < -0.3 is 25.5 Å². The van der Waals surface area contributed by atoms with Crippen LogP contribution in [0.3, 0.4) is 0 Å². The first kappa shape index (κ1) is 30.9. The van der Waals surface area contributed by atoms with Gasteiger partial charge in [-0.2, -0.15) is 0 Å². The topological polar surface area (TPSA) is 118 Å². The lowest BCUT2D eigenvalue weighted by Gasteiger charge is -2.63. The molecule has 5 rings (SSSR count). The Morgan fingerprint density at radius 3 is 2.12 bits per heavy atom. The Balaban J connectivity index is 1.39. The van der Waals surface area contributed by atoms with E-state index in [1.165, 1.54) is 39.0 Å². The number of ketones is 1. The van der Waals surface area contributed by atoms with E-state index in [9.17, 15) is 30.3 Å². The SMILES string of the molecule is CCCCC1CCC(C2CC(C(C)C)C3C[C@H]4C[C@H]5CC(C)C(C(C)=O)C(O)[C@@]5(O)C(O)C4C(O)C3C2O)CC1. The zero-order valence-electron chi connectivity index (χ0n) is 25.7. The third-order valence-electron chi connectivity index (χ3n) is 13.3. The van der Waals surface area contributed by atoms with Gasteiger partial charge in [-0.1, -0.05) is 59.8 Å². The summed E-state index contributed by atoms with van der Waals surface area (Å²) in [6.07, 6.45) is 7.48. The minimum absolute atomic E-state index is 0.0313. The van der Waals surface area contributed by atoms with Crippen molar-refractivity contribution in [2.75, 3.05) is 0 Å². The van der Waals surface area contributed by atoms with Crippen LogP contribution in [0.2, 0.25) is 0 Å². The van der Waals surface area contributed by atoms with Crippen molar-refractivity contribution in [2.24, 2.45) is 71.0 Å². The molecule has 5 aliphatic rings. The molecule has 6 nitrogen and oxygen atoms in total. The van der Waals surface area contributed by atoms with E-state index in [4.69, 9.17) is 0 Å². The molecule has 0 aromatic rings. The monoisotopic (exact) mass is 562 g/mol. The van der Waals surface area contributed by atoms with E-state index in [2.05, 4.69) is 20.8 Å². The Bertz CT molecular complexity index is 884. The summed E-state index contributed by atoms with van der Waals surface area (Å²) in [5, 5.41) is 59.1. The second kappa shape index (κ2) is 11.9. The van der Waals surface area contributed by atoms with Crippen molar-refractivity contribution < 1.29 is 30.3 Å². The molecule has 0 aromatic heterocycles. The van der Waals surface area contributed by atoms with E-state index < -0.39 is 41.9 Å². The van der Waals surface area contributed by atoms with Crippen LogP contribution in [0.5, 0.6) is 0 Å². The van der Waals surface area contributed by atoms with E-state index >= 15 is 0 Å². The number of rotatable bonds is 6. The van der Waals surface area contributed by atoms with Crippen molar-refractivity contribution in [2.45, 2.75) is 135 Å². The molecule has 0 bridgehead atoms. The molecule has 0 radical (unpaired) electrons. The Labute approximate surface area is 242 Å². The van der Waals surface area contributed by atoms with Crippen LogP contribution in [0, 0.1) is 71.0 Å². The van der Waals surface area contributed by atoms with Gasteiger partial charge in [0.25, 0.3) is 0 Å². The maximum absolute atomic E-state index is 12.4. The fourth-order valence-electron chi connectivity index (χ4n) is 11.2. The Morgan fingerprint density at radius 2 is 1.52 bits per heavy atom. The second-order valence-corrected chi connectivity index (χ2v) is 15.6. The molecule has 14 atom stereocenters. The lowest BCUT2D eigenvalue weighted by molar-refractivity contribution is -0.284. The van der Waals surface area contributed by atoms with Gasteiger partial charge >= 0.3 is 0 Å². The molecule has 11 unspecified atom stereocenters. The largest absolute Gasteiger partial charge is 0.392 e. The molecule has 0 spiro atoms. The minimum atomic E-state index is -1.81. The van der Waals surface area contributed by atoms with E-state index in [0.717, 1.165) is 31.6 Å². The first-order chi connectivity index (χ1) is 18.9. The highest BCUT2D eigenvalue weighted by Gasteiger charge is 2.67. The molecule has 6 heteroatoms. The van der Waals surface area contributed by atoms with E-state index in [1.54, 1.807) is 0 Å². The van der Waals surface area contributed by atoms with Crippen molar-refractivity contribution >= 4 is 5.78 Å². The van der Waals surface area contributed by atoms with Crippen LogP contribution < -0.4 is 0 Å². The molecular formula is C34H58O6. The van der Waals surface area contributed by atoms with E-state index in [-0.39, 0.29) is 41.3 Å². The minimum Gasteiger partial charge on any atom is -0.392 e. The predicted octanol–water partition coefficient (Wildman–Crippen LogP) is 4.58. The number of Topliss-reactive ketones (excluding diaryl/α,β-unsaturated/α-hetero) is 1. The summed E-state index contributed by atoms with van der Waals surface area (Å²) in [6.45, 7) is 10.2. The number of carbonyl (C=O) groups is 1. The van der Waals surface area contributed by atoms with E-state index in [1.807, 2.05) is 6.92 Å². The lowest BCUT2D eigenvalue weighted by Crippen LogP contribution is -2.73. The standard InChI is InChI=1S/C34H58O6/c1-6-7-8-20-9-11-21(12-10-20)25-16-24(17(2)3)26-15-22-14-23-13-18(4)27(19(5)35)32(38)34(23,40)33(39)28(22)31(37)29(26)30(25)36/h17-18,20-33,36-40H,6-16H2,1-5H3/t18?,20?,21?,22-,23-,24?,25?,26?,27?,28?,29?,30?,31?,32?,33?,34-/m1/s1. The number of fused-ring (bicyclic) bond motifs is 3. The summed E-state index contributed by atoms with van der Waals surface area (Å²) in [7, 11) is 0. The van der Waals surface area contributed by atoms with Gasteiger partial charge in [0.1, 0.15) is 11.4 Å². The second-order valence-electron chi connectivity index (χ2n) is 15.6. The summed E-state index contributed by atoms with van der Waals surface area (Å²) < 4.78 is 0. The average Bonchev–Trinajstić information content (AvgIpc) is 2.89. The summed E-state index contributed by atoms with van der Waals surface area (Å²) in [6, 6.07) is 0. The predicted molar refractivity (Wildman–Crippen MR) is 155 cm³/mol. The third kappa shape index (κ3) is 5.04. The number of hydrogen-bond donors (Lipinski definition) is 5. The van der Waals surface area contributed by atoms with Crippen LogP contribution in [-0.4, -0.2) is 61.3 Å². The van der Waals surface area contributed by atoms with Gasteiger partial charge in [-0.15, -0.1) is 0 Å². The average molecular weight is 563 g/mol. The normalized spacial score (nSPS) is 52.9. The first-order valence-electron chi connectivity index (χ1n) is 16.9. The molecule has 0 aliphatic heterocycles. The summed E-state index contributed by atoms with van der Waals surface area (Å²) in [5.41, 5.74) is -1.81. The fraction of sp³-hybridized carbons (Fsp3) is 0.971. The smallest absolute Gasteiger partial charge is 0.135 e. The highest BCUT2D eigenvalue weighted by atomic mass is 16.4.